The number of carbonyl (C=O) groups is 1. The number of hydrogen-bond acceptors (Lipinski definition) is 7. The molecule has 0 spiro atoms. The third kappa shape index (κ3) is 4.58. The fraction of sp³-hybridized carbons (Fsp3) is 0.0476. The summed E-state index contributed by atoms with van der Waals surface area (Å²) in [7, 11) is -3.81. The number of rotatable bonds is 6. The summed E-state index contributed by atoms with van der Waals surface area (Å²) in [5.74, 6) is -0.491. The second-order valence-corrected chi connectivity index (χ2v) is 9.59. The fourth-order valence-electron chi connectivity index (χ4n) is 2.91. The van der Waals surface area contributed by atoms with Crippen LogP contribution in [0.15, 0.2) is 71.6 Å². The van der Waals surface area contributed by atoms with Crippen LogP contribution < -0.4 is 10.0 Å². The van der Waals surface area contributed by atoms with Gasteiger partial charge in [0.25, 0.3) is 21.6 Å². The zero-order chi connectivity index (χ0) is 22.9. The van der Waals surface area contributed by atoms with E-state index in [1.807, 2.05) is 6.92 Å². The van der Waals surface area contributed by atoms with Crippen molar-refractivity contribution in [3.05, 3.63) is 88.0 Å². The number of nitro groups is 1. The maximum absolute atomic E-state index is 12.7. The van der Waals surface area contributed by atoms with Gasteiger partial charge in [-0.05, 0) is 43.3 Å². The number of aromatic nitrogens is 1. The van der Waals surface area contributed by atoms with Crippen molar-refractivity contribution in [1.29, 1.82) is 0 Å². The summed E-state index contributed by atoms with van der Waals surface area (Å²) in [5.41, 5.74) is 1.85. The fourth-order valence-corrected chi connectivity index (χ4v) is 4.85. The average molecular weight is 469 g/mol. The van der Waals surface area contributed by atoms with Crippen LogP contribution in [0.1, 0.15) is 15.9 Å². The number of nitro benzene ring substituents is 1. The first-order valence-corrected chi connectivity index (χ1v) is 11.6. The molecule has 0 fully saturated rings. The molecule has 1 aromatic heterocycles. The summed E-state index contributed by atoms with van der Waals surface area (Å²) in [6.45, 7) is 1.86. The first-order chi connectivity index (χ1) is 15.2. The second kappa shape index (κ2) is 8.36. The topological polar surface area (TPSA) is 131 Å². The predicted octanol–water partition coefficient (Wildman–Crippen LogP) is 4.57. The molecule has 0 saturated heterocycles. The van der Waals surface area contributed by atoms with Crippen LogP contribution in [0.3, 0.4) is 0 Å². The van der Waals surface area contributed by atoms with Crippen LogP contribution >= 0.6 is 11.3 Å². The molecule has 0 radical (unpaired) electrons. The first-order valence-electron chi connectivity index (χ1n) is 9.27. The van der Waals surface area contributed by atoms with E-state index >= 15 is 0 Å². The van der Waals surface area contributed by atoms with E-state index in [-0.39, 0.29) is 27.0 Å². The second-order valence-electron chi connectivity index (χ2n) is 6.88. The number of fused-ring (bicyclic) bond motifs is 1. The third-order valence-corrected chi connectivity index (χ3v) is 6.84. The van der Waals surface area contributed by atoms with Crippen LogP contribution in [0.25, 0.3) is 10.2 Å². The molecule has 2 N–H and O–H groups in total. The van der Waals surface area contributed by atoms with Crippen LogP contribution in [0.4, 0.5) is 16.5 Å². The molecule has 0 unspecified atom stereocenters. The van der Waals surface area contributed by atoms with E-state index in [1.165, 1.54) is 42.5 Å². The van der Waals surface area contributed by atoms with Crippen molar-refractivity contribution >= 4 is 54.0 Å². The Labute approximate surface area is 186 Å². The Morgan fingerprint density at radius 2 is 1.81 bits per heavy atom. The summed E-state index contributed by atoms with van der Waals surface area (Å²) < 4.78 is 28.2. The highest BCUT2D eigenvalue weighted by molar-refractivity contribution is 7.92. The molecule has 1 heterocycles. The molecule has 11 heteroatoms. The summed E-state index contributed by atoms with van der Waals surface area (Å²) in [6.07, 6.45) is 0. The van der Waals surface area contributed by atoms with E-state index < -0.39 is 20.9 Å². The van der Waals surface area contributed by atoms with Gasteiger partial charge in [-0.3, -0.25) is 24.9 Å². The molecule has 4 aromatic rings. The number of nitrogens with one attached hydrogen (secondary N) is 2. The number of anilines is 2. The smallest absolute Gasteiger partial charge is 0.270 e. The minimum absolute atomic E-state index is 0.0624. The van der Waals surface area contributed by atoms with Gasteiger partial charge in [-0.1, -0.05) is 35.1 Å². The van der Waals surface area contributed by atoms with Gasteiger partial charge in [-0.15, -0.1) is 0 Å². The molecule has 0 aliphatic rings. The normalized spacial score (nSPS) is 11.3. The van der Waals surface area contributed by atoms with Crippen molar-refractivity contribution in [2.45, 2.75) is 11.8 Å². The Morgan fingerprint density at radius 1 is 1.06 bits per heavy atom. The van der Waals surface area contributed by atoms with Crippen molar-refractivity contribution < 1.29 is 18.1 Å². The number of hydrogen-bond donors (Lipinski definition) is 2. The van der Waals surface area contributed by atoms with Crippen LogP contribution in [0, 0.1) is 17.0 Å². The molecule has 0 atom stereocenters. The monoisotopic (exact) mass is 468 g/mol. The van der Waals surface area contributed by atoms with Crippen molar-refractivity contribution in [3.63, 3.8) is 0 Å². The Balaban J connectivity index is 1.53. The van der Waals surface area contributed by atoms with Gasteiger partial charge in [0.1, 0.15) is 0 Å². The molecule has 4 rings (SSSR count). The van der Waals surface area contributed by atoms with E-state index in [0.717, 1.165) is 16.9 Å². The van der Waals surface area contributed by atoms with Gasteiger partial charge in [-0.25, -0.2) is 13.4 Å². The molecular weight excluding hydrogens is 452 g/mol. The van der Waals surface area contributed by atoms with E-state index in [1.54, 1.807) is 24.3 Å². The third-order valence-electron chi connectivity index (χ3n) is 4.51. The number of benzene rings is 3. The van der Waals surface area contributed by atoms with E-state index in [4.69, 9.17) is 0 Å². The standard InChI is InChI=1S/C21H16N4O5S2/c1-13-5-8-17(9-6-13)32(29,30)24-15-4-2-3-14(11-15)20(26)23-21-22-18-10-7-16(25(27)28)12-19(18)31-21/h2-12,24H,1H3,(H,22,23,26). The number of sulfonamides is 1. The van der Waals surface area contributed by atoms with E-state index in [0.29, 0.717) is 10.2 Å². The summed E-state index contributed by atoms with van der Waals surface area (Å²) >= 11 is 1.11. The van der Waals surface area contributed by atoms with Crippen molar-refractivity contribution in [1.82, 2.24) is 4.98 Å². The molecule has 162 valence electrons. The number of aryl methyl sites for hydroxylation is 1. The minimum Gasteiger partial charge on any atom is -0.298 e. The molecule has 9 nitrogen and oxygen atoms in total. The number of nitrogens with zero attached hydrogens (tertiary/aromatic N) is 2. The lowest BCUT2D eigenvalue weighted by Crippen LogP contribution is -2.15. The lowest BCUT2D eigenvalue weighted by atomic mass is 10.2. The van der Waals surface area contributed by atoms with Gasteiger partial charge in [0, 0.05) is 23.4 Å². The Bertz CT molecular complexity index is 1450. The molecule has 1 amide bonds. The molecule has 32 heavy (non-hydrogen) atoms. The number of thiazole rings is 1. The lowest BCUT2D eigenvalue weighted by molar-refractivity contribution is -0.384. The molecule has 0 aliphatic carbocycles. The van der Waals surface area contributed by atoms with Crippen molar-refractivity contribution in [2.24, 2.45) is 0 Å². The van der Waals surface area contributed by atoms with Crippen LogP contribution in [0.2, 0.25) is 0 Å². The molecule has 3 aromatic carbocycles. The van der Waals surface area contributed by atoms with Gasteiger partial charge in [-0.2, -0.15) is 0 Å². The number of non-ortho nitro benzene ring substituents is 1. The summed E-state index contributed by atoms with van der Waals surface area (Å²) in [5, 5.41) is 13.8. The lowest BCUT2D eigenvalue weighted by Gasteiger charge is -2.10. The van der Waals surface area contributed by atoms with Gasteiger partial charge in [0.15, 0.2) is 5.13 Å². The highest BCUT2D eigenvalue weighted by atomic mass is 32.2. The average Bonchev–Trinajstić information content (AvgIpc) is 3.15. The van der Waals surface area contributed by atoms with Gasteiger partial charge >= 0.3 is 0 Å². The SMILES string of the molecule is Cc1ccc(S(=O)(=O)Nc2cccc(C(=O)Nc3nc4ccc([N+](=O)[O-])cc4s3)c2)cc1. The van der Waals surface area contributed by atoms with Crippen LogP contribution in [0.5, 0.6) is 0 Å². The molecule has 0 bridgehead atoms. The predicted molar refractivity (Wildman–Crippen MR) is 123 cm³/mol. The highest BCUT2D eigenvalue weighted by Crippen LogP contribution is 2.29. The summed E-state index contributed by atoms with van der Waals surface area (Å²) in [4.78, 5) is 27.5. The largest absolute Gasteiger partial charge is 0.298 e. The highest BCUT2D eigenvalue weighted by Gasteiger charge is 2.16. The molecule has 0 saturated carbocycles. The van der Waals surface area contributed by atoms with Crippen LogP contribution in [-0.4, -0.2) is 24.2 Å². The van der Waals surface area contributed by atoms with E-state index in [2.05, 4.69) is 15.0 Å². The maximum atomic E-state index is 12.7. The zero-order valence-electron chi connectivity index (χ0n) is 16.6. The van der Waals surface area contributed by atoms with Gasteiger partial charge in [0.05, 0.1) is 20.0 Å². The summed E-state index contributed by atoms with van der Waals surface area (Å²) in [6, 6.07) is 16.7. The van der Waals surface area contributed by atoms with Crippen LogP contribution in [-0.2, 0) is 10.0 Å². The first kappa shape index (κ1) is 21.4. The Hall–Kier alpha value is -3.83. The van der Waals surface area contributed by atoms with Crippen molar-refractivity contribution in [3.8, 4) is 0 Å². The molecular formula is C21H16N4O5S2. The minimum atomic E-state index is -3.81. The number of carbonyl (C=O) groups excluding carboxylic acids is 1. The zero-order valence-corrected chi connectivity index (χ0v) is 18.2. The Kier molecular flexibility index (Phi) is 5.59. The van der Waals surface area contributed by atoms with Gasteiger partial charge in [0.2, 0.25) is 0 Å². The quantitative estimate of drug-likeness (QED) is 0.315. The molecule has 0 aliphatic heterocycles. The van der Waals surface area contributed by atoms with Gasteiger partial charge < -0.3 is 0 Å². The van der Waals surface area contributed by atoms with E-state index in [9.17, 15) is 23.3 Å². The Morgan fingerprint density at radius 3 is 2.53 bits per heavy atom. The number of amides is 1. The maximum Gasteiger partial charge on any atom is 0.270 e. The van der Waals surface area contributed by atoms with Crippen molar-refractivity contribution in [2.75, 3.05) is 10.0 Å².